The Morgan fingerprint density at radius 1 is 1.21 bits per heavy atom. The van der Waals surface area contributed by atoms with Crippen LogP contribution in [0, 0.1) is 13.8 Å². The van der Waals surface area contributed by atoms with Gasteiger partial charge in [-0.05, 0) is 50.1 Å². The van der Waals surface area contributed by atoms with Gasteiger partial charge in [-0.2, -0.15) is 0 Å². The molecule has 0 fully saturated rings. The zero-order valence-corrected chi connectivity index (χ0v) is 17.9. The first kappa shape index (κ1) is 20.5. The first-order valence-corrected chi connectivity index (χ1v) is 10.5. The largest absolute Gasteiger partial charge is 0.483 e. The number of hydrogen-bond acceptors (Lipinski definition) is 4. The molecule has 0 N–H and O–H groups in total. The Morgan fingerprint density at radius 2 is 2.04 bits per heavy atom. The third kappa shape index (κ3) is 4.97. The van der Waals surface area contributed by atoms with E-state index in [2.05, 4.69) is 52.5 Å². The number of benzene rings is 2. The fraction of sp³-hybridized carbons (Fsp3) is 0.273. The molecule has 1 heterocycles. The number of thioether (sulfide) groups is 1. The van der Waals surface area contributed by atoms with Crippen LogP contribution < -0.4 is 4.74 Å². The molecule has 3 rings (SSSR count). The SMILES string of the molecule is C=CCn1c(SCc2cccc(C)c2)nnc1C(C)Oc1ccc(Cl)c(C)c1. The lowest BCUT2D eigenvalue weighted by Gasteiger charge is -2.16. The molecule has 1 unspecified atom stereocenters. The van der Waals surface area contributed by atoms with Crippen molar-refractivity contribution in [3.63, 3.8) is 0 Å². The summed E-state index contributed by atoms with van der Waals surface area (Å²) in [5, 5.41) is 10.4. The molecule has 0 radical (unpaired) electrons. The summed E-state index contributed by atoms with van der Waals surface area (Å²) in [6, 6.07) is 14.1. The monoisotopic (exact) mass is 413 g/mol. The molecule has 4 nitrogen and oxygen atoms in total. The molecular formula is C22H24ClN3OS. The summed E-state index contributed by atoms with van der Waals surface area (Å²) in [7, 11) is 0. The van der Waals surface area contributed by atoms with Gasteiger partial charge in [0.2, 0.25) is 0 Å². The van der Waals surface area contributed by atoms with Crippen LogP contribution in [0.25, 0.3) is 0 Å². The van der Waals surface area contributed by atoms with Crippen LogP contribution >= 0.6 is 23.4 Å². The summed E-state index contributed by atoms with van der Waals surface area (Å²) < 4.78 is 8.15. The maximum absolute atomic E-state index is 6.10. The standard InChI is InChI=1S/C22H24ClN3OS/c1-5-11-26-21(17(4)27-19-9-10-20(23)16(3)13-19)24-25-22(26)28-14-18-8-6-7-15(2)12-18/h5-10,12-13,17H,1,11,14H2,2-4H3. The number of ether oxygens (including phenoxy) is 1. The number of rotatable bonds is 8. The molecule has 1 aromatic heterocycles. The minimum Gasteiger partial charge on any atom is -0.483 e. The van der Waals surface area contributed by atoms with E-state index in [0.717, 1.165) is 33.1 Å². The van der Waals surface area contributed by atoms with E-state index in [4.69, 9.17) is 16.3 Å². The van der Waals surface area contributed by atoms with Gasteiger partial charge < -0.3 is 4.74 Å². The Balaban J connectivity index is 1.77. The van der Waals surface area contributed by atoms with Crippen LogP contribution in [0.2, 0.25) is 5.02 Å². The van der Waals surface area contributed by atoms with Crippen molar-refractivity contribution in [3.05, 3.63) is 82.7 Å². The van der Waals surface area contributed by atoms with Gasteiger partial charge in [0.1, 0.15) is 5.75 Å². The molecular weight excluding hydrogens is 390 g/mol. The Bertz CT molecular complexity index is 970. The molecule has 146 valence electrons. The first-order valence-electron chi connectivity index (χ1n) is 9.13. The van der Waals surface area contributed by atoms with Crippen molar-refractivity contribution < 1.29 is 4.74 Å². The van der Waals surface area contributed by atoms with Gasteiger partial charge in [-0.3, -0.25) is 4.57 Å². The van der Waals surface area contributed by atoms with Gasteiger partial charge in [0.15, 0.2) is 17.1 Å². The van der Waals surface area contributed by atoms with Gasteiger partial charge in [0, 0.05) is 17.3 Å². The molecule has 1 atom stereocenters. The second-order valence-electron chi connectivity index (χ2n) is 6.69. The van der Waals surface area contributed by atoms with Crippen molar-refractivity contribution in [2.75, 3.05) is 0 Å². The van der Waals surface area contributed by atoms with Crippen LogP contribution in [-0.4, -0.2) is 14.8 Å². The first-order chi connectivity index (χ1) is 13.5. The van der Waals surface area contributed by atoms with Gasteiger partial charge in [0.05, 0.1) is 0 Å². The third-order valence-electron chi connectivity index (χ3n) is 4.31. The molecule has 6 heteroatoms. The summed E-state index contributed by atoms with van der Waals surface area (Å²) in [5.74, 6) is 2.37. The van der Waals surface area contributed by atoms with Crippen LogP contribution in [0.3, 0.4) is 0 Å². The molecule has 0 amide bonds. The van der Waals surface area contributed by atoms with Crippen LogP contribution in [-0.2, 0) is 12.3 Å². The van der Waals surface area contributed by atoms with Crippen molar-refractivity contribution in [3.8, 4) is 5.75 Å². The van der Waals surface area contributed by atoms with E-state index in [-0.39, 0.29) is 6.10 Å². The molecule has 3 aromatic rings. The number of nitrogens with zero attached hydrogens (tertiary/aromatic N) is 3. The highest BCUT2D eigenvalue weighted by atomic mass is 35.5. The highest BCUT2D eigenvalue weighted by molar-refractivity contribution is 7.98. The molecule has 0 aliphatic carbocycles. The van der Waals surface area contributed by atoms with E-state index in [9.17, 15) is 0 Å². The summed E-state index contributed by atoms with van der Waals surface area (Å²) in [4.78, 5) is 0. The molecule has 2 aromatic carbocycles. The van der Waals surface area contributed by atoms with Gasteiger partial charge in [-0.25, -0.2) is 0 Å². The fourth-order valence-electron chi connectivity index (χ4n) is 2.91. The predicted molar refractivity (Wildman–Crippen MR) is 116 cm³/mol. The van der Waals surface area contributed by atoms with Crippen LogP contribution in [0.4, 0.5) is 0 Å². The van der Waals surface area contributed by atoms with Gasteiger partial charge in [-0.1, -0.05) is 59.3 Å². The van der Waals surface area contributed by atoms with Crippen molar-refractivity contribution in [2.24, 2.45) is 0 Å². The maximum Gasteiger partial charge on any atom is 0.191 e. The Kier molecular flexibility index (Phi) is 6.81. The molecule has 28 heavy (non-hydrogen) atoms. The molecule has 0 saturated heterocycles. The number of aryl methyl sites for hydroxylation is 2. The van der Waals surface area contributed by atoms with Crippen molar-refractivity contribution >= 4 is 23.4 Å². The Hall–Kier alpha value is -2.24. The maximum atomic E-state index is 6.10. The van der Waals surface area contributed by atoms with Crippen molar-refractivity contribution in [1.29, 1.82) is 0 Å². The second kappa shape index (κ2) is 9.30. The van der Waals surface area contributed by atoms with Crippen LogP contribution in [0.5, 0.6) is 5.75 Å². The summed E-state index contributed by atoms with van der Waals surface area (Å²) in [6.45, 7) is 10.5. The lowest BCUT2D eigenvalue weighted by Crippen LogP contribution is -2.12. The number of hydrogen-bond donors (Lipinski definition) is 0. The molecule has 0 saturated carbocycles. The third-order valence-corrected chi connectivity index (χ3v) is 5.78. The van der Waals surface area contributed by atoms with E-state index in [1.54, 1.807) is 11.8 Å². The number of aromatic nitrogens is 3. The molecule has 0 bridgehead atoms. The fourth-order valence-corrected chi connectivity index (χ4v) is 3.92. The lowest BCUT2D eigenvalue weighted by atomic mass is 10.2. The summed E-state index contributed by atoms with van der Waals surface area (Å²) in [6.07, 6.45) is 1.60. The Labute approximate surface area is 175 Å². The summed E-state index contributed by atoms with van der Waals surface area (Å²) >= 11 is 7.77. The van der Waals surface area contributed by atoms with Gasteiger partial charge in [-0.15, -0.1) is 16.8 Å². The normalized spacial score (nSPS) is 12.0. The highest BCUT2D eigenvalue weighted by Gasteiger charge is 2.19. The molecule has 0 aliphatic heterocycles. The van der Waals surface area contributed by atoms with E-state index in [1.165, 1.54) is 11.1 Å². The minimum absolute atomic E-state index is 0.249. The lowest BCUT2D eigenvalue weighted by molar-refractivity contribution is 0.210. The van der Waals surface area contributed by atoms with Gasteiger partial charge in [0.25, 0.3) is 0 Å². The van der Waals surface area contributed by atoms with Crippen molar-refractivity contribution in [1.82, 2.24) is 14.8 Å². The van der Waals surface area contributed by atoms with E-state index in [1.807, 2.05) is 38.1 Å². The predicted octanol–water partition coefficient (Wildman–Crippen LogP) is 6.17. The van der Waals surface area contributed by atoms with Crippen molar-refractivity contribution in [2.45, 2.75) is 44.3 Å². The van der Waals surface area contributed by atoms with E-state index in [0.29, 0.717) is 6.54 Å². The van der Waals surface area contributed by atoms with Crippen LogP contribution in [0.15, 0.2) is 60.3 Å². The number of allylic oxidation sites excluding steroid dienone is 1. The van der Waals surface area contributed by atoms with E-state index < -0.39 is 0 Å². The average Bonchev–Trinajstić information content (AvgIpc) is 3.06. The van der Waals surface area contributed by atoms with Gasteiger partial charge >= 0.3 is 0 Å². The Morgan fingerprint density at radius 3 is 2.75 bits per heavy atom. The average molecular weight is 414 g/mol. The summed E-state index contributed by atoms with van der Waals surface area (Å²) in [5.41, 5.74) is 3.50. The minimum atomic E-state index is -0.249. The topological polar surface area (TPSA) is 39.9 Å². The quantitative estimate of drug-likeness (QED) is 0.327. The van der Waals surface area contributed by atoms with E-state index >= 15 is 0 Å². The number of halogens is 1. The molecule has 0 spiro atoms. The zero-order valence-electron chi connectivity index (χ0n) is 16.4. The highest BCUT2D eigenvalue weighted by Crippen LogP contribution is 2.28. The zero-order chi connectivity index (χ0) is 20.1. The molecule has 0 aliphatic rings. The second-order valence-corrected chi connectivity index (χ2v) is 8.04. The smallest absolute Gasteiger partial charge is 0.191 e. The van der Waals surface area contributed by atoms with Crippen LogP contribution in [0.1, 0.15) is 35.5 Å².